The lowest BCUT2D eigenvalue weighted by Gasteiger charge is -2.33. The van der Waals surface area contributed by atoms with Gasteiger partial charge in [-0.2, -0.15) is 0 Å². The fourth-order valence-electron chi connectivity index (χ4n) is 4.00. The number of piperidine rings is 1. The van der Waals surface area contributed by atoms with E-state index in [1.165, 1.54) is 0 Å². The minimum atomic E-state index is 0.0188. The third-order valence-electron chi connectivity index (χ3n) is 5.56. The molecule has 0 radical (unpaired) electrons. The van der Waals surface area contributed by atoms with Gasteiger partial charge in [0.1, 0.15) is 0 Å². The van der Waals surface area contributed by atoms with Gasteiger partial charge in [0.25, 0.3) is 5.88 Å². The van der Waals surface area contributed by atoms with Gasteiger partial charge in [0.2, 0.25) is 5.91 Å². The predicted octanol–water partition coefficient (Wildman–Crippen LogP) is 2.93. The first kappa shape index (κ1) is 19.9. The summed E-state index contributed by atoms with van der Waals surface area (Å²) in [4.78, 5) is 24.3. The predicted molar refractivity (Wildman–Crippen MR) is 112 cm³/mol. The molecule has 0 aliphatic carbocycles. The van der Waals surface area contributed by atoms with Crippen LogP contribution in [0.5, 0.6) is 5.88 Å². The van der Waals surface area contributed by atoms with Crippen LogP contribution in [0.1, 0.15) is 39.5 Å². The largest absolute Gasteiger partial charge is 0.472 e. The molecule has 1 atom stereocenters. The first-order valence-electron chi connectivity index (χ1n) is 10.7. The number of ether oxygens (including phenoxy) is 2. The number of hydrogen-bond donors (Lipinski definition) is 1. The topological polar surface area (TPSA) is 76.6 Å². The maximum Gasteiger partial charge on any atom is 0.258 e. The van der Waals surface area contributed by atoms with Crippen LogP contribution in [0, 0.1) is 5.92 Å². The second-order valence-electron chi connectivity index (χ2n) is 8.15. The molecule has 156 valence electrons. The summed E-state index contributed by atoms with van der Waals surface area (Å²) in [6.07, 6.45) is 3.93. The molecule has 1 unspecified atom stereocenters. The lowest BCUT2D eigenvalue weighted by Crippen LogP contribution is -2.42. The minimum absolute atomic E-state index is 0.0188. The summed E-state index contributed by atoms with van der Waals surface area (Å²) < 4.78 is 11.6. The van der Waals surface area contributed by atoms with Gasteiger partial charge in [-0.25, -0.2) is 9.97 Å². The van der Waals surface area contributed by atoms with Gasteiger partial charge in [-0.1, -0.05) is 12.1 Å². The fraction of sp³-hybridized carbons (Fsp3) is 0.591. The minimum Gasteiger partial charge on any atom is -0.472 e. The Labute approximate surface area is 171 Å². The van der Waals surface area contributed by atoms with Crippen molar-refractivity contribution in [3.63, 3.8) is 0 Å². The highest BCUT2D eigenvalue weighted by Crippen LogP contribution is 2.31. The Bertz CT molecular complexity index is 843. The molecule has 29 heavy (non-hydrogen) atoms. The van der Waals surface area contributed by atoms with E-state index in [-0.39, 0.29) is 24.0 Å². The van der Waals surface area contributed by atoms with E-state index in [0.29, 0.717) is 12.4 Å². The van der Waals surface area contributed by atoms with Crippen LogP contribution < -0.4 is 15.0 Å². The van der Waals surface area contributed by atoms with Crippen LogP contribution in [0.3, 0.4) is 0 Å². The SMILES string of the molecule is CC(C)Oc1nc2ccccc2nc1N1CCC(C(=O)NCC2CCCO2)CC1. The monoisotopic (exact) mass is 398 g/mol. The second kappa shape index (κ2) is 8.95. The first-order chi connectivity index (χ1) is 14.1. The molecule has 1 N–H and O–H groups in total. The Morgan fingerprint density at radius 2 is 1.93 bits per heavy atom. The third-order valence-corrected chi connectivity index (χ3v) is 5.56. The van der Waals surface area contributed by atoms with Crippen molar-refractivity contribution in [3.05, 3.63) is 24.3 Å². The number of aromatic nitrogens is 2. The average molecular weight is 399 g/mol. The Hall–Kier alpha value is -2.41. The standard InChI is InChI=1S/C22H30N4O3/c1-15(2)29-22-20(24-18-7-3-4-8-19(18)25-22)26-11-9-16(10-12-26)21(27)23-14-17-6-5-13-28-17/h3-4,7-8,15-17H,5-6,9-14H2,1-2H3,(H,23,27). The number of amides is 1. The summed E-state index contributed by atoms with van der Waals surface area (Å²) in [7, 11) is 0. The van der Waals surface area contributed by atoms with Gasteiger partial charge in [-0.3, -0.25) is 4.79 Å². The number of anilines is 1. The lowest BCUT2D eigenvalue weighted by atomic mass is 9.96. The van der Waals surface area contributed by atoms with Gasteiger partial charge < -0.3 is 19.7 Å². The van der Waals surface area contributed by atoms with Crippen molar-refractivity contribution in [2.24, 2.45) is 5.92 Å². The molecule has 0 saturated carbocycles. The van der Waals surface area contributed by atoms with Crippen molar-refractivity contribution in [3.8, 4) is 5.88 Å². The average Bonchev–Trinajstić information content (AvgIpc) is 3.25. The number of carbonyl (C=O) groups is 1. The number of hydrogen-bond acceptors (Lipinski definition) is 6. The molecule has 0 bridgehead atoms. The molecule has 7 heteroatoms. The number of nitrogens with zero attached hydrogens (tertiary/aromatic N) is 3. The highest BCUT2D eigenvalue weighted by Gasteiger charge is 2.28. The quantitative estimate of drug-likeness (QED) is 0.806. The van der Waals surface area contributed by atoms with E-state index in [9.17, 15) is 4.79 Å². The lowest BCUT2D eigenvalue weighted by molar-refractivity contribution is -0.126. The Morgan fingerprint density at radius 3 is 2.59 bits per heavy atom. The summed E-state index contributed by atoms with van der Waals surface area (Å²) in [5, 5.41) is 3.08. The van der Waals surface area contributed by atoms with Crippen molar-refractivity contribution >= 4 is 22.8 Å². The van der Waals surface area contributed by atoms with E-state index in [2.05, 4.69) is 10.2 Å². The maximum absolute atomic E-state index is 12.5. The number of fused-ring (bicyclic) bond motifs is 1. The van der Waals surface area contributed by atoms with Gasteiger partial charge in [-0.15, -0.1) is 0 Å². The Kier molecular flexibility index (Phi) is 6.13. The molecule has 2 aliphatic rings. The van der Waals surface area contributed by atoms with Crippen molar-refractivity contribution < 1.29 is 14.3 Å². The van der Waals surface area contributed by atoms with Crippen molar-refractivity contribution in [1.82, 2.24) is 15.3 Å². The van der Waals surface area contributed by atoms with E-state index in [0.717, 1.165) is 62.2 Å². The summed E-state index contributed by atoms with van der Waals surface area (Å²) in [5.41, 5.74) is 1.69. The van der Waals surface area contributed by atoms with E-state index >= 15 is 0 Å². The van der Waals surface area contributed by atoms with Crippen LogP contribution in [-0.2, 0) is 9.53 Å². The molecule has 1 aromatic carbocycles. The third kappa shape index (κ3) is 4.78. The zero-order chi connectivity index (χ0) is 20.2. The summed E-state index contributed by atoms with van der Waals surface area (Å²) in [6.45, 7) is 6.95. The van der Waals surface area contributed by atoms with E-state index < -0.39 is 0 Å². The molecule has 0 spiro atoms. The molecule has 2 aromatic rings. The first-order valence-corrected chi connectivity index (χ1v) is 10.7. The highest BCUT2D eigenvalue weighted by molar-refractivity contribution is 5.79. The fourth-order valence-corrected chi connectivity index (χ4v) is 4.00. The second-order valence-corrected chi connectivity index (χ2v) is 8.15. The molecule has 1 aromatic heterocycles. The van der Waals surface area contributed by atoms with E-state index in [4.69, 9.17) is 19.4 Å². The van der Waals surface area contributed by atoms with Gasteiger partial charge in [0.05, 0.1) is 23.2 Å². The zero-order valence-corrected chi connectivity index (χ0v) is 17.3. The number of carbonyl (C=O) groups excluding carboxylic acids is 1. The number of para-hydroxylation sites is 2. The number of rotatable bonds is 6. The summed E-state index contributed by atoms with van der Waals surface area (Å²) >= 11 is 0. The highest BCUT2D eigenvalue weighted by atomic mass is 16.5. The van der Waals surface area contributed by atoms with Crippen LogP contribution >= 0.6 is 0 Å². The van der Waals surface area contributed by atoms with Crippen LogP contribution in [0.15, 0.2) is 24.3 Å². The van der Waals surface area contributed by atoms with Gasteiger partial charge in [-0.05, 0) is 51.7 Å². The molecule has 2 saturated heterocycles. The van der Waals surface area contributed by atoms with Crippen LogP contribution in [-0.4, -0.2) is 54.3 Å². The van der Waals surface area contributed by atoms with Crippen molar-refractivity contribution in [2.45, 2.75) is 51.7 Å². The Morgan fingerprint density at radius 1 is 1.21 bits per heavy atom. The molecule has 7 nitrogen and oxygen atoms in total. The van der Waals surface area contributed by atoms with E-state index in [1.54, 1.807) is 0 Å². The van der Waals surface area contributed by atoms with Crippen molar-refractivity contribution in [2.75, 3.05) is 31.1 Å². The molecule has 3 heterocycles. The summed E-state index contributed by atoms with van der Waals surface area (Å²) in [6, 6.07) is 7.84. The van der Waals surface area contributed by atoms with Gasteiger partial charge in [0.15, 0.2) is 5.82 Å². The van der Waals surface area contributed by atoms with E-state index in [1.807, 2.05) is 38.1 Å². The molecular weight excluding hydrogens is 368 g/mol. The van der Waals surface area contributed by atoms with Crippen LogP contribution in [0.2, 0.25) is 0 Å². The van der Waals surface area contributed by atoms with Gasteiger partial charge >= 0.3 is 0 Å². The van der Waals surface area contributed by atoms with Crippen molar-refractivity contribution in [1.29, 1.82) is 0 Å². The molecule has 1 amide bonds. The van der Waals surface area contributed by atoms with Gasteiger partial charge in [0, 0.05) is 32.2 Å². The molecular formula is C22H30N4O3. The Balaban J connectivity index is 1.42. The smallest absolute Gasteiger partial charge is 0.258 e. The number of nitrogens with one attached hydrogen (secondary N) is 1. The zero-order valence-electron chi connectivity index (χ0n) is 17.3. The molecule has 2 aliphatic heterocycles. The molecule has 4 rings (SSSR count). The normalized spacial score (nSPS) is 20.4. The number of benzene rings is 1. The maximum atomic E-state index is 12.5. The molecule has 2 fully saturated rings. The van der Waals surface area contributed by atoms with Crippen LogP contribution in [0.4, 0.5) is 5.82 Å². The summed E-state index contributed by atoms with van der Waals surface area (Å²) in [5.74, 6) is 1.52. The van der Waals surface area contributed by atoms with Crippen LogP contribution in [0.25, 0.3) is 11.0 Å².